The minimum atomic E-state index is -0.846. The van der Waals surface area contributed by atoms with Crippen LogP contribution >= 0.6 is 11.6 Å². The van der Waals surface area contributed by atoms with Gasteiger partial charge in [-0.25, -0.2) is 4.79 Å². The second-order valence-electron chi connectivity index (χ2n) is 5.68. The molecule has 0 bridgehead atoms. The fourth-order valence-electron chi connectivity index (χ4n) is 2.71. The molecule has 1 aliphatic carbocycles. The fourth-order valence-corrected chi connectivity index (χ4v) is 2.93. The van der Waals surface area contributed by atoms with Gasteiger partial charge in [0.25, 0.3) is 0 Å². The van der Waals surface area contributed by atoms with Gasteiger partial charge in [-0.2, -0.15) is 5.26 Å². The number of carboxylic acid groups (broad SMARTS) is 1. The van der Waals surface area contributed by atoms with Crippen molar-refractivity contribution >= 4 is 29.3 Å². The maximum atomic E-state index is 12.0. The molecule has 0 atom stereocenters. The maximum absolute atomic E-state index is 12.0. The maximum Gasteiger partial charge on any atom is 0.319 e. The molecule has 0 saturated heterocycles. The number of carbonyl (C=O) groups is 2. The van der Waals surface area contributed by atoms with E-state index in [1.165, 1.54) is 6.07 Å². The van der Waals surface area contributed by atoms with Gasteiger partial charge in [0.1, 0.15) is 0 Å². The SMILES string of the molecule is CCN(CC(=O)O)C1CC(NC(=O)Nc2ccc(C#N)cc2Cl)C1. The number of nitriles is 1. The Labute approximate surface area is 145 Å². The molecule has 1 aromatic rings. The van der Waals surface area contributed by atoms with Crippen molar-refractivity contribution in [3.63, 3.8) is 0 Å². The molecule has 1 fully saturated rings. The molecule has 2 rings (SSSR count). The number of halogens is 1. The number of benzene rings is 1. The van der Waals surface area contributed by atoms with Crippen molar-refractivity contribution < 1.29 is 14.7 Å². The molecular weight excluding hydrogens is 332 g/mol. The van der Waals surface area contributed by atoms with E-state index in [0.29, 0.717) is 22.8 Å². The lowest BCUT2D eigenvalue weighted by molar-refractivity contribution is -0.139. The molecule has 0 spiro atoms. The number of amides is 2. The molecule has 0 unspecified atom stereocenters. The van der Waals surface area contributed by atoms with Crippen molar-refractivity contribution in [1.82, 2.24) is 10.2 Å². The Morgan fingerprint density at radius 1 is 1.46 bits per heavy atom. The van der Waals surface area contributed by atoms with E-state index < -0.39 is 5.97 Å². The predicted molar refractivity (Wildman–Crippen MR) is 90.0 cm³/mol. The lowest BCUT2D eigenvalue weighted by atomic mass is 9.85. The third-order valence-corrected chi connectivity index (χ3v) is 4.37. The predicted octanol–water partition coefficient (Wildman–Crippen LogP) is 2.27. The normalized spacial score (nSPS) is 19.2. The molecule has 1 aromatic carbocycles. The first-order valence-corrected chi connectivity index (χ1v) is 8.03. The monoisotopic (exact) mass is 350 g/mol. The van der Waals surface area contributed by atoms with Crippen LogP contribution in [0.4, 0.5) is 10.5 Å². The van der Waals surface area contributed by atoms with Crippen LogP contribution < -0.4 is 10.6 Å². The summed E-state index contributed by atoms with van der Waals surface area (Å²) in [6, 6.07) is 6.43. The molecule has 8 heteroatoms. The first-order valence-electron chi connectivity index (χ1n) is 7.66. The number of urea groups is 1. The number of hydrogen-bond acceptors (Lipinski definition) is 4. The Bertz CT molecular complexity index is 668. The smallest absolute Gasteiger partial charge is 0.319 e. The van der Waals surface area contributed by atoms with Crippen LogP contribution in [0.3, 0.4) is 0 Å². The van der Waals surface area contributed by atoms with Crippen LogP contribution in [0.25, 0.3) is 0 Å². The third-order valence-electron chi connectivity index (χ3n) is 4.06. The van der Waals surface area contributed by atoms with Crippen molar-refractivity contribution in [2.75, 3.05) is 18.4 Å². The van der Waals surface area contributed by atoms with Crippen LogP contribution in [0.1, 0.15) is 25.3 Å². The summed E-state index contributed by atoms with van der Waals surface area (Å²) in [5.74, 6) is -0.846. The molecule has 128 valence electrons. The van der Waals surface area contributed by atoms with E-state index in [0.717, 1.165) is 12.8 Å². The van der Waals surface area contributed by atoms with Crippen LogP contribution in [0.2, 0.25) is 5.02 Å². The number of rotatable bonds is 6. The fraction of sp³-hybridized carbons (Fsp3) is 0.438. The molecule has 7 nitrogen and oxygen atoms in total. The van der Waals surface area contributed by atoms with E-state index in [1.807, 2.05) is 17.9 Å². The van der Waals surface area contributed by atoms with E-state index in [4.69, 9.17) is 22.0 Å². The highest BCUT2D eigenvalue weighted by molar-refractivity contribution is 6.33. The zero-order valence-corrected chi connectivity index (χ0v) is 14.0. The van der Waals surface area contributed by atoms with Gasteiger partial charge >= 0.3 is 12.0 Å². The number of nitrogens with zero attached hydrogens (tertiary/aromatic N) is 2. The third kappa shape index (κ3) is 4.60. The number of carboxylic acids is 1. The van der Waals surface area contributed by atoms with E-state index in [-0.39, 0.29) is 24.7 Å². The summed E-state index contributed by atoms with van der Waals surface area (Å²) in [4.78, 5) is 24.7. The minimum Gasteiger partial charge on any atom is -0.480 e. The first-order chi connectivity index (χ1) is 11.4. The highest BCUT2D eigenvalue weighted by Crippen LogP contribution is 2.26. The molecule has 0 aliphatic heterocycles. The largest absolute Gasteiger partial charge is 0.480 e. The van der Waals surface area contributed by atoms with Crippen LogP contribution in [0, 0.1) is 11.3 Å². The quantitative estimate of drug-likeness (QED) is 0.729. The van der Waals surface area contributed by atoms with Gasteiger partial charge in [0, 0.05) is 12.1 Å². The Balaban J connectivity index is 1.81. The van der Waals surface area contributed by atoms with Crippen LogP contribution in [-0.4, -0.2) is 47.2 Å². The molecule has 0 radical (unpaired) electrons. The van der Waals surface area contributed by atoms with Crippen molar-refractivity contribution in [3.8, 4) is 6.07 Å². The average molecular weight is 351 g/mol. The zero-order chi connectivity index (χ0) is 17.7. The summed E-state index contributed by atoms with van der Waals surface area (Å²) < 4.78 is 0. The number of nitrogens with one attached hydrogen (secondary N) is 2. The van der Waals surface area contributed by atoms with E-state index in [9.17, 15) is 9.59 Å². The number of hydrogen-bond donors (Lipinski definition) is 3. The highest BCUT2D eigenvalue weighted by Gasteiger charge is 2.34. The second kappa shape index (κ2) is 7.99. The number of likely N-dealkylation sites (N-methyl/N-ethyl adjacent to an activating group) is 1. The summed E-state index contributed by atoms with van der Waals surface area (Å²) in [6.07, 6.45) is 1.44. The lowest BCUT2D eigenvalue weighted by Crippen LogP contribution is -2.55. The van der Waals surface area contributed by atoms with Crippen molar-refractivity contribution in [3.05, 3.63) is 28.8 Å². The molecule has 1 saturated carbocycles. The summed E-state index contributed by atoms with van der Waals surface area (Å²) in [7, 11) is 0. The summed E-state index contributed by atoms with van der Waals surface area (Å²) in [5.41, 5.74) is 0.857. The van der Waals surface area contributed by atoms with Gasteiger partial charge in [-0.15, -0.1) is 0 Å². The second-order valence-corrected chi connectivity index (χ2v) is 6.09. The highest BCUT2D eigenvalue weighted by atomic mass is 35.5. The van der Waals surface area contributed by atoms with E-state index >= 15 is 0 Å². The van der Waals surface area contributed by atoms with Crippen molar-refractivity contribution in [1.29, 1.82) is 5.26 Å². The Kier molecular flexibility index (Phi) is 6.01. The standard InChI is InChI=1S/C16H19ClN4O3/c1-2-21(9-15(22)23)12-6-11(7-12)19-16(24)20-14-4-3-10(8-18)5-13(14)17/h3-5,11-12H,2,6-7,9H2,1H3,(H,22,23)(H2,19,20,24). The number of aliphatic carboxylic acids is 1. The number of anilines is 1. The zero-order valence-electron chi connectivity index (χ0n) is 13.3. The Morgan fingerprint density at radius 3 is 2.71 bits per heavy atom. The van der Waals surface area contributed by atoms with Gasteiger partial charge in [-0.1, -0.05) is 18.5 Å². The van der Waals surface area contributed by atoms with Gasteiger partial charge in [0.15, 0.2) is 0 Å². The van der Waals surface area contributed by atoms with Gasteiger partial charge in [-0.3, -0.25) is 9.69 Å². The molecule has 24 heavy (non-hydrogen) atoms. The lowest BCUT2D eigenvalue weighted by Gasteiger charge is -2.42. The van der Waals surface area contributed by atoms with Gasteiger partial charge in [-0.05, 0) is 37.6 Å². The summed E-state index contributed by atoms with van der Waals surface area (Å²) >= 11 is 6.01. The summed E-state index contributed by atoms with van der Waals surface area (Å²) in [5, 5.41) is 23.4. The Hall–Kier alpha value is -2.30. The molecule has 1 aliphatic rings. The van der Waals surface area contributed by atoms with Gasteiger partial charge < -0.3 is 15.7 Å². The average Bonchev–Trinajstić information content (AvgIpc) is 2.50. The Morgan fingerprint density at radius 2 is 2.17 bits per heavy atom. The van der Waals surface area contributed by atoms with Crippen molar-refractivity contribution in [2.45, 2.75) is 31.8 Å². The first kappa shape index (κ1) is 18.0. The topological polar surface area (TPSA) is 105 Å². The molecular formula is C16H19ClN4O3. The van der Waals surface area contributed by atoms with Crippen LogP contribution in [0.5, 0.6) is 0 Å². The van der Waals surface area contributed by atoms with Crippen molar-refractivity contribution in [2.24, 2.45) is 0 Å². The molecule has 0 heterocycles. The van der Waals surface area contributed by atoms with E-state index in [2.05, 4.69) is 10.6 Å². The molecule has 0 aromatic heterocycles. The molecule has 2 amide bonds. The van der Waals surface area contributed by atoms with Crippen LogP contribution in [0.15, 0.2) is 18.2 Å². The van der Waals surface area contributed by atoms with Gasteiger partial charge in [0.2, 0.25) is 0 Å². The van der Waals surface area contributed by atoms with Gasteiger partial charge in [0.05, 0.1) is 28.9 Å². The summed E-state index contributed by atoms with van der Waals surface area (Å²) in [6.45, 7) is 2.60. The van der Waals surface area contributed by atoms with Crippen LogP contribution in [-0.2, 0) is 4.79 Å². The van der Waals surface area contributed by atoms with E-state index in [1.54, 1.807) is 12.1 Å². The number of carbonyl (C=O) groups excluding carboxylic acids is 1. The minimum absolute atomic E-state index is 0.00926. The molecule has 3 N–H and O–H groups in total.